The van der Waals surface area contributed by atoms with E-state index in [1.54, 1.807) is 42.5 Å². The average molecular weight is 1660 g/mol. The molecule has 2 aliphatic rings. The summed E-state index contributed by atoms with van der Waals surface area (Å²) in [7, 11) is 2.78. The normalized spacial score (nSPS) is 16.0. The second-order valence-electron chi connectivity index (χ2n) is 29.6. The number of hydrogen-bond donors (Lipinski definition) is 17. The van der Waals surface area contributed by atoms with E-state index in [2.05, 4.69) is 74.1 Å². The van der Waals surface area contributed by atoms with Gasteiger partial charge in [0.15, 0.2) is 0 Å². The monoisotopic (exact) mass is 1660 g/mol. The molecule has 8 rings (SSSR count). The molecule has 0 bridgehead atoms. The van der Waals surface area contributed by atoms with Gasteiger partial charge in [-0.25, -0.2) is 9.59 Å². The number of amides is 18. The van der Waals surface area contributed by atoms with Crippen LogP contribution in [0.5, 0.6) is 0 Å². The maximum atomic E-state index is 15.5. The highest BCUT2D eigenvalue weighted by Gasteiger charge is 2.41. The Kier molecular flexibility index (Phi) is 34.2. The van der Waals surface area contributed by atoms with Crippen LogP contribution < -0.4 is 85.9 Å². The molecule has 2 saturated heterocycles. The highest BCUT2D eigenvalue weighted by atomic mass is 35.5. The van der Waals surface area contributed by atoms with Crippen molar-refractivity contribution in [3.8, 4) is 0 Å². The quantitative estimate of drug-likeness (QED) is 0.0224. The van der Waals surface area contributed by atoms with Gasteiger partial charge in [0, 0.05) is 94.5 Å². The number of nitrogens with two attached hydrogens (primary N) is 2. The van der Waals surface area contributed by atoms with Gasteiger partial charge >= 0.3 is 12.1 Å². The number of unbranched alkanes of at least 4 members (excludes halogenated alkanes) is 1. The number of benzene rings is 5. The first kappa shape index (κ1) is 91.6. The second-order valence-corrected chi connectivity index (χ2v) is 30.1. The number of rotatable bonds is 41. The first-order valence-electron chi connectivity index (χ1n) is 38.8. The van der Waals surface area contributed by atoms with Crippen molar-refractivity contribution < 1.29 is 81.8 Å². The predicted molar refractivity (Wildman–Crippen MR) is 438 cm³/mol. The number of halogens is 1. The number of urea groups is 2. The molecule has 5 aromatic carbocycles. The van der Waals surface area contributed by atoms with Crippen LogP contribution in [0.3, 0.4) is 0 Å². The van der Waals surface area contributed by atoms with E-state index < -0.39 is 187 Å². The molecule has 2 aliphatic heterocycles. The largest absolute Gasteiger partial charge is 0.394 e. The summed E-state index contributed by atoms with van der Waals surface area (Å²) >= 11 is 6.27. The molecule has 11 atom stereocenters. The minimum Gasteiger partial charge on any atom is -0.394 e. The molecule has 0 saturated carbocycles. The standard InChI is InChI=1S/C82H102ClN19O17/c1-45(2)87-33-10-9-16-58(80(117)102-34-12-17-67(102)79(116)88-46(3)70(84)107)92-77(114)65(42-69(106)101(5)6)97-75(112)61(37-50-23-30-57(31-24-50)91-81(85)118)94-74(111)62(38-49-21-28-56(29-22-49)90-71(108)64-41-68(105)100-82(119)99-64)96-78(115)66(44-103)98-76(113)63(40-52-13-11-32-86-43-52)95-73(110)60(36-48-19-26-55(83)27-20-48)93-72(109)59(89-47(4)104)39-51-18-25-53-14-7-8-15-54(53)35-51/h7-8,11,13-15,18-32,35,43,45-46,58-67,87,103H,9-10,12,16-17,33-34,36-42,44H2,1-6H3,(H2,84,107)(H,88,116)(H,89,104)(H,90,108)(H,92,114)(H,93,109)(H,94,111)(H,95,110)(H,96,115)(H,97,112)(H,98,113)(H3,85,91,118)(H2,99,100,105,119)/t46-,58+,59-,60-,61-,62+,63-,64+,65+,66+,67+/m1/s1. The minimum absolute atomic E-state index is 0.00762. The maximum Gasteiger partial charge on any atom is 0.322 e. The Bertz CT molecular complexity index is 4640. The Morgan fingerprint density at radius 1 is 0.555 bits per heavy atom. The highest BCUT2D eigenvalue weighted by molar-refractivity contribution is 6.30. The fourth-order valence-corrected chi connectivity index (χ4v) is 13.4. The lowest BCUT2D eigenvalue weighted by atomic mass is 9.99. The van der Waals surface area contributed by atoms with E-state index in [9.17, 15) is 57.8 Å². The van der Waals surface area contributed by atoms with Crippen LogP contribution in [0.1, 0.15) is 100 Å². The summed E-state index contributed by atoms with van der Waals surface area (Å²) in [5.74, 6) is -12.2. The van der Waals surface area contributed by atoms with Crippen LogP contribution in [0.25, 0.3) is 10.8 Å². The van der Waals surface area contributed by atoms with Crippen molar-refractivity contribution in [3.63, 3.8) is 0 Å². The SMILES string of the molecule is CC(=O)N[C@H](Cc1ccc2ccccc2c1)C(=O)N[C@H](Cc1ccc(Cl)cc1)C(=O)N[C@H](Cc1cccnc1)C(=O)N[C@@H](CO)C(=O)N[C@@H](Cc1ccc(NC(=O)[C@@H]2CC(=O)NC(=O)N2)cc1)C(=O)N[C@H](Cc1ccc(NC(N)=O)cc1)C(=O)N[C@@H](CC(=O)N(C)C)C(=O)N[C@@H](CCCCNC(C)C)C(=O)N1CCC[C@H]1C(=O)N[C@H](C)C(N)=O. The number of likely N-dealkylation sites (tertiary alicyclic amines) is 1. The van der Waals surface area contributed by atoms with Crippen LogP contribution in [0, 0.1) is 0 Å². The van der Waals surface area contributed by atoms with E-state index in [0.29, 0.717) is 53.1 Å². The van der Waals surface area contributed by atoms with E-state index >= 15 is 24.0 Å². The van der Waals surface area contributed by atoms with Gasteiger partial charge < -0.3 is 95.5 Å². The van der Waals surface area contributed by atoms with Gasteiger partial charge in [-0.2, -0.15) is 0 Å². The number of pyridine rings is 1. The summed E-state index contributed by atoms with van der Waals surface area (Å²) in [6.07, 6.45) is 1.75. The summed E-state index contributed by atoms with van der Waals surface area (Å²) in [6.45, 7) is 5.94. The van der Waals surface area contributed by atoms with Crippen LogP contribution in [-0.2, 0) is 99.2 Å². The van der Waals surface area contributed by atoms with Crippen molar-refractivity contribution in [2.75, 3.05) is 44.4 Å². The number of primary amides is 2. The molecule has 2 fully saturated rings. The zero-order valence-electron chi connectivity index (χ0n) is 66.7. The molecule has 0 spiro atoms. The summed E-state index contributed by atoms with van der Waals surface area (Å²) in [4.78, 5) is 228. The van der Waals surface area contributed by atoms with Crippen molar-refractivity contribution in [2.45, 2.75) is 177 Å². The number of carbonyl (C=O) groups is 16. The molecule has 6 aromatic rings. The van der Waals surface area contributed by atoms with Gasteiger partial charge in [0.2, 0.25) is 82.7 Å². The Balaban J connectivity index is 1.11. The average Bonchev–Trinajstić information content (AvgIpc) is 1.18. The zero-order valence-corrected chi connectivity index (χ0v) is 67.4. The van der Waals surface area contributed by atoms with Gasteiger partial charge in [-0.15, -0.1) is 0 Å². The van der Waals surface area contributed by atoms with Crippen molar-refractivity contribution in [1.29, 1.82) is 0 Å². The molecular formula is C82H102ClN19O17. The third kappa shape index (κ3) is 28.7. The Morgan fingerprint density at radius 3 is 1.55 bits per heavy atom. The van der Waals surface area contributed by atoms with E-state index in [4.69, 9.17) is 23.1 Å². The van der Waals surface area contributed by atoms with Gasteiger partial charge in [0.1, 0.15) is 66.5 Å². The fraction of sp³-hybridized carbons (Fsp3) is 0.402. The van der Waals surface area contributed by atoms with Crippen molar-refractivity contribution in [3.05, 3.63) is 173 Å². The molecule has 18 amide bonds. The first-order chi connectivity index (χ1) is 56.7. The molecule has 1 aromatic heterocycles. The van der Waals surface area contributed by atoms with Crippen LogP contribution in [0.4, 0.5) is 21.0 Å². The minimum atomic E-state index is -1.96. The first-order valence-corrected chi connectivity index (χ1v) is 39.2. The number of aliphatic hydroxyl groups excluding tert-OH is 1. The molecule has 19 N–H and O–H groups in total. The number of fused-ring (bicyclic) bond motifs is 1. The Morgan fingerprint density at radius 2 is 1.04 bits per heavy atom. The number of imide groups is 1. The second kappa shape index (κ2) is 44.4. The fourth-order valence-electron chi connectivity index (χ4n) is 13.2. The lowest BCUT2D eigenvalue weighted by Crippen LogP contribution is -2.62. The molecule has 634 valence electrons. The van der Waals surface area contributed by atoms with Crippen LogP contribution in [-0.4, -0.2) is 221 Å². The highest BCUT2D eigenvalue weighted by Crippen LogP contribution is 2.23. The lowest BCUT2D eigenvalue weighted by Gasteiger charge is -2.31. The Labute approximate surface area is 691 Å². The predicted octanol–water partition coefficient (Wildman–Crippen LogP) is -0.0531. The van der Waals surface area contributed by atoms with Gasteiger partial charge in [-0.1, -0.05) is 110 Å². The number of aliphatic hydroxyl groups is 1. The van der Waals surface area contributed by atoms with Gasteiger partial charge in [-0.3, -0.25) is 77.4 Å². The van der Waals surface area contributed by atoms with Crippen LogP contribution >= 0.6 is 11.6 Å². The number of hydrogen-bond acceptors (Lipinski definition) is 19. The summed E-state index contributed by atoms with van der Waals surface area (Å²) in [5, 5.41) is 49.7. The van der Waals surface area contributed by atoms with E-state index in [-0.39, 0.29) is 68.0 Å². The zero-order chi connectivity index (χ0) is 86.6. The molecule has 3 heterocycles. The maximum absolute atomic E-state index is 15.5. The molecule has 0 aliphatic carbocycles. The molecule has 0 unspecified atom stereocenters. The number of anilines is 2. The van der Waals surface area contributed by atoms with E-state index in [1.807, 2.05) is 55.6 Å². The molecule has 37 heteroatoms. The summed E-state index contributed by atoms with van der Waals surface area (Å²) in [5.41, 5.74) is 13.3. The number of aromatic nitrogens is 1. The third-order valence-corrected chi connectivity index (χ3v) is 19.9. The third-order valence-electron chi connectivity index (χ3n) is 19.6. The van der Waals surface area contributed by atoms with Crippen molar-refractivity contribution >= 4 is 129 Å². The van der Waals surface area contributed by atoms with Gasteiger partial charge in [-0.05, 0) is 127 Å². The van der Waals surface area contributed by atoms with Crippen molar-refractivity contribution in [1.82, 2.24) is 78.6 Å². The van der Waals surface area contributed by atoms with Crippen molar-refractivity contribution in [2.24, 2.45) is 11.5 Å². The Hall–Kier alpha value is -13.0. The lowest BCUT2D eigenvalue weighted by molar-refractivity contribution is -0.143. The molecular weight excluding hydrogens is 1560 g/mol. The van der Waals surface area contributed by atoms with E-state index in [1.165, 1.54) is 93.8 Å². The van der Waals surface area contributed by atoms with E-state index in [0.717, 1.165) is 15.7 Å². The van der Waals surface area contributed by atoms with Crippen LogP contribution in [0.2, 0.25) is 5.02 Å². The van der Waals surface area contributed by atoms with Gasteiger partial charge in [0.25, 0.3) is 0 Å². The van der Waals surface area contributed by atoms with Gasteiger partial charge in [0.05, 0.1) is 19.4 Å². The molecule has 0 radical (unpaired) electrons. The smallest absolute Gasteiger partial charge is 0.322 e. The van der Waals surface area contributed by atoms with Crippen LogP contribution in [0.15, 0.2) is 140 Å². The number of carbonyl (C=O) groups excluding carboxylic acids is 16. The topological polar surface area (TPSA) is 533 Å². The summed E-state index contributed by atoms with van der Waals surface area (Å²) in [6, 6.07) is 15.8. The number of nitrogens with one attached hydrogen (secondary N) is 14. The molecule has 36 nitrogen and oxygen atoms in total. The summed E-state index contributed by atoms with van der Waals surface area (Å²) < 4.78 is 0. The molecule has 119 heavy (non-hydrogen) atoms. The number of nitrogens with zero attached hydrogens (tertiary/aromatic N) is 3.